The predicted octanol–water partition coefficient (Wildman–Crippen LogP) is 3.27. The fourth-order valence-electron chi connectivity index (χ4n) is 1.81. The van der Waals surface area contributed by atoms with E-state index in [0.29, 0.717) is 12.2 Å². The van der Waals surface area contributed by atoms with Gasteiger partial charge in [0.25, 0.3) is 0 Å². The highest BCUT2D eigenvalue weighted by molar-refractivity contribution is 5.78. The Morgan fingerprint density at radius 3 is 2.67 bits per heavy atom. The average Bonchev–Trinajstić information content (AvgIpc) is 2.40. The van der Waals surface area contributed by atoms with Gasteiger partial charge >= 0.3 is 0 Å². The fraction of sp³-hybridized carbons (Fsp3) is 0.200. The van der Waals surface area contributed by atoms with Gasteiger partial charge in [-0.1, -0.05) is 12.1 Å². The highest BCUT2D eigenvalue weighted by Gasteiger charge is 2.08. The molecule has 0 unspecified atom stereocenters. The van der Waals surface area contributed by atoms with E-state index in [4.69, 9.17) is 4.74 Å². The van der Waals surface area contributed by atoms with Crippen molar-refractivity contribution in [3.05, 3.63) is 47.7 Å². The Labute approximate surface area is 106 Å². The first kappa shape index (κ1) is 12.3. The van der Waals surface area contributed by atoms with Gasteiger partial charge in [-0.15, -0.1) is 0 Å². The molecule has 0 aliphatic heterocycles. The molecule has 2 rings (SSSR count). The molecule has 18 heavy (non-hydrogen) atoms. The maximum Gasteiger partial charge on any atom is 0.151 e. The average molecular weight is 241 g/mol. The molecule has 0 aliphatic carbocycles. The summed E-state index contributed by atoms with van der Waals surface area (Å²) in [6.07, 6.45) is 0.820. The van der Waals surface area contributed by atoms with Gasteiger partial charge < -0.3 is 4.74 Å². The van der Waals surface area contributed by atoms with Crippen molar-refractivity contribution in [3.8, 4) is 17.0 Å². The van der Waals surface area contributed by atoms with E-state index < -0.39 is 0 Å². The van der Waals surface area contributed by atoms with Crippen LogP contribution in [-0.2, 0) is 0 Å². The van der Waals surface area contributed by atoms with Crippen molar-refractivity contribution >= 4 is 6.29 Å². The van der Waals surface area contributed by atoms with Crippen molar-refractivity contribution in [1.82, 2.24) is 4.98 Å². The minimum atomic E-state index is 0.614. The minimum absolute atomic E-state index is 0.614. The van der Waals surface area contributed by atoms with Gasteiger partial charge in [-0.05, 0) is 38.1 Å². The number of aryl methyl sites for hydroxylation is 1. The van der Waals surface area contributed by atoms with E-state index in [2.05, 4.69) is 4.98 Å². The van der Waals surface area contributed by atoms with Crippen LogP contribution >= 0.6 is 0 Å². The third kappa shape index (κ3) is 2.40. The lowest BCUT2D eigenvalue weighted by atomic mass is 10.1. The summed E-state index contributed by atoms with van der Waals surface area (Å²) in [4.78, 5) is 15.2. The van der Waals surface area contributed by atoms with E-state index in [0.717, 1.165) is 29.0 Å². The second-order valence-electron chi connectivity index (χ2n) is 3.92. The molecular weight excluding hydrogens is 226 g/mol. The molecule has 0 atom stereocenters. The van der Waals surface area contributed by atoms with Crippen LogP contribution in [0.4, 0.5) is 0 Å². The summed E-state index contributed by atoms with van der Waals surface area (Å²) in [5.74, 6) is 0.811. The third-order valence-corrected chi connectivity index (χ3v) is 2.72. The van der Waals surface area contributed by atoms with Crippen molar-refractivity contribution in [2.45, 2.75) is 13.8 Å². The van der Waals surface area contributed by atoms with Crippen LogP contribution in [0.25, 0.3) is 11.3 Å². The Hall–Kier alpha value is -2.16. The van der Waals surface area contributed by atoms with Crippen LogP contribution in [0.1, 0.15) is 23.0 Å². The van der Waals surface area contributed by atoms with Crippen molar-refractivity contribution in [2.75, 3.05) is 6.61 Å². The number of hydrogen-bond acceptors (Lipinski definition) is 3. The molecular formula is C15H15NO2. The van der Waals surface area contributed by atoms with Gasteiger partial charge in [0.2, 0.25) is 0 Å². The zero-order chi connectivity index (χ0) is 13.0. The summed E-state index contributed by atoms with van der Waals surface area (Å²) in [5, 5.41) is 0. The molecule has 0 fully saturated rings. The first-order valence-corrected chi connectivity index (χ1v) is 5.91. The molecule has 2 aromatic rings. The summed E-state index contributed by atoms with van der Waals surface area (Å²) < 4.78 is 5.58. The predicted molar refractivity (Wildman–Crippen MR) is 71.0 cm³/mol. The van der Waals surface area contributed by atoms with Crippen molar-refractivity contribution in [2.24, 2.45) is 0 Å². The van der Waals surface area contributed by atoms with Gasteiger partial charge in [0.1, 0.15) is 5.75 Å². The number of benzene rings is 1. The molecule has 0 bridgehead atoms. The van der Waals surface area contributed by atoms with Crippen molar-refractivity contribution in [3.63, 3.8) is 0 Å². The maximum atomic E-state index is 10.8. The van der Waals surface area contributed by atoms with Crippen molar-refractivity contribution < 1.29 is 9.53 Å². The molecule has 0 aliphatic rings. The molecule has 0 saturated carbocycles. The molecule has 92 valence electrons. The molecule has 0 amide bonds. The Balaban J connectivity index is 2.48. The van der Waals surface area contributed by atoms with Crippen LogP contribution in [0.2, 0.25) is 0 Å². The maximum absolute atomic E-state index is 10.8. The van der Waals surface area contributed by atoms with E-state index in [1.54, 1.807) is 6.07 Å². The number of aldehydes is 1. The van der Waals surface area contributed by atoms with E-state index in [1.807, 2.05) is 44.2 Å². The molecule has 1 aromatic heterocycles. The summed E-state index contributed by atoms with van der Waals surface area (Å²) in [6, 6.07) is 11.4. The minimum Gasteiger partial charge on any atom is -0.493 e. The van der Waals surface area contributed by atoms with Crippen LogP contribution in [0.15, 0.2) is 36.4 Å². The molecule has 0 spiro atoms. The number of para-hydroxylation sites is 1. The number of nitrogens with zero attached hydrogens (tertiary/aromatic N) is 1. The number of aromatic nitrogens is 1. The standard InChI is InChI=1S/C15H15NO2/c1-3-18-15-7-5-4-6-13(15)14-9-8-12(10-17)11(2)16-14/h4-10H,3H2,1-2H3. The zero-order valence-corrected chi connectivity index (χ0v) is 10.5. The summed E-state index contributed by atoms with van der Waals surface area (Å²) in [5.41, 5.74) is 3.11. The molecule has 3 nitrogen and oxygen atoms in total. The number of hydrogen-bond donors (Lipinski definition) is 0. The number of pyridine rings is 1. The monoisotopic (exact) mass is 241 g/mol. The quantitative estimate of drug-likeness (QED) is 0.771. The Bertz CT molecular complexity index is 564. The van der Waals surface area contributed by atoms with Crippen LogP contribution < -0.4 is 4.74 Å². The molecule has 3 heteroatoms. The normalized spacial score (nSPS) is 10.1. The summed E-state index contributed by atoms with van der Waals surface area (Å²) in [7, 11) is 0. The number of ether oxygens (including phenoxy) is 1. The Kier molecular flexibility index (Phi) is 3.72. The summed E-state index contributed by atoms with van der Waals surface area (Å²) in [6.45, 7) is 4.39. The number of carbonyl (C=O) groups excluding carboxylic acids is 1. The van der Waals surface area contributed by atoms with Gasteiger partial charge in [0, 0.05) is 16.8 Å². The highest BCUT2D eigenvalue weighted by Crippen LogP contribution is 2.28. The van der Waals surface area contributed by atoms with E-state index in [1.165, 1.54) is 0 Å². The molecule has 0 saturated heterocycles. The molecule has 1 aromatic carbocycles. The summed E-state index contributed by atoms with van der Waals surface area (Å²) >= 11 is 0. The van der Waals surface area contributed by atoms with Crippen molar-refractivity contribution in [1.29, 1.82) is 0 Å². The zero-order valence-electron chi connectivity index (χ0n) is 10.5. The number of carbonyl (C=O) groups is 1. The highest BCUT2D eigenvalue weighted by atomic mass is 16.5. The Morgan fingerprint density at radius 2 is 2.00 bits per heavy atom. The van der Waals surface area contributed by atoms with Gasteiger partial charge in [-0.3, -0.25) is 9.78 Å². The van der Waals surface area contributed by atoms with Gasteiger partial charge in [0.05, 0.1) is 12.3 Å². The van der Waals surface area contributed by atoms with Gasteiger partial charge in [0.15, 0.2) is 6.29 Å². The van der Waals surface area contributed by atoms with Crippen LogP contribution in [0.3, 0.4) is 0 Å². The lowest BCUT2D eigenvalue weighted by molar-refractivity contribution is 0.112. The largest absolute Gasteiger partial charge is 0.493 e. The van der Waals surface area contributed by atoms with E-state index in [-0.39, 0.29) is 0 Å². The van der Waals surface area contributed by atoms with Crippen LogP contribution in [0, 0.1) is 6.92 Å². The smallest absolute Gasteiger partial charge is 0.151 e. The first-order valence-electron chi connectivity index (χ1n) is 5.91. The van der Waals surface area contributed by atoms with Crippen LogP contribution in [-0.4, -0.2) is 17.9 Å². The Morgan fingerprint density at radius 1 is 1.22 bits per heavy atom. The molecule has 1 heterocycles. The van der Waals surface area contributed by atoms with Crippen LogP contribution in [0.5, 0.6) is 5.75 Å². The lowest BCUT2D eigenvalue weighted by Gasteiger charge is -2.10. The van der Waals surface area contributed by atoms with Gasteiger partial charge in [-0.25, -0.2) is 0 Å². The lowest BCUT2D eigenvalue weighted by Crippen LogP contribution is -1.97. The second-order valence-corrected chi connectivity index (χ2v) is 3.92. The SMILES string of the molecule is CCOc1ccccc1-c1ccc(C=O)c(C)n1. The number of rotatable bonds is 4. The fourth-order valence-corrected chi connectivity index (χ4v) is 1.81. The second kappa shape index (κ2) is 5.45. The third-order valence-electron chi connectivity index (χ3n) is 2.72. The van der Waals surface area contributed by atoms with E-state index >= 15 is 0 Å². The molecule has 0 N–H and O–H groups in total. The van der Waals surface area contributed by atoms with Gasteiger partial charge in [-0.2, -0.15) is 0 Å². The van der Waals surface area contributed by atoms with E-state index in [9.17, 15) is 4.79 Å². The molecule has 0 radical (unpaired) electrons. The first-order chi connectivity index (χ1) is 8.76. The topological polar surface area (TPSA) is 39.2 Å².